The molecule has 0 N–H and O–H groups in total. The van der Waals surface area contributed by atoms with E-state index in [0.29, 0.717) is 0 Å². The Kier molecular flexibility index (Phi) is 8.33. The molecule has 0 unspecified atom stereocenters. The molecule has 0 spiro atoms. The molecule has 0 aromatic heterocycles. The Morgan fingerprint density at radius 3 is 1.95 bits per heavy atom. The van der Waals surface area contributed by atoms with E-state index in [1.807, 2.05) is 0 Å². The van der Waals surface area contributed by atoms with Crippen LogP contribution in [0.3, 0.4) is 0 Å². The molecule has 0 saturated carbocycles. The second-order valence-corrected chi connectivity index (χ2v) is 3.87. The number of rotatable bonds is 6. The van der Waals surface area contributed by atoms with Gasteiger partial charge in [-0.05, 0) is 13.8 Å². The van der Waals surface area contributed by atoms with Crippen LogP contribution < -0.4 is 0 Å². The number of hydrogen-bond acceptors (Lipinski definition) is 6. The van der Waals surface area contributed by atoms with E-state index >= 15 is 0 Å². The average molecular weight is 294 g/mol. The number of terminal acetylenes is 1. The van der Waals surface area contributed by atoms with Crippen LogP contribution in [0, 0.1) is 29.6 Å². The molecule has 0 saturated heterocycles. The molecular weight excluding hydrogens is 276 g/mol. The summed E-state index contributed by atoms with van der Waals surface area (Å²) in [5, 5.41) is 0. The molecule has 0 aliphatic carbocycles. The zero-order valence-electron chi connectivity index (χ0n) is 12.4. The fourth-order valence-electron chi connectivity index (χ4n) is 1.47. The van der Waals surface area contributed by atoms with Gasteiger partial charge in [0, 0.05) is 18.8 Å². The van der Waals surface area contributed by atoms with Gasteiger partial charge in [-0.2, -0.15) is 0 Å². The van der Waals surface area contributed by atoms with E-state index in [-0.39, 0.29) is 26.1 Å². The zero-order chi connectivity index (χ0) is 16.3. The molecule has 0 radical (unpaired) electrons. The monoisotopic (exact) mass is 294 g/mol. The number of carbonyl (C=O) groups is 3. The smallest absolute Gasteiger partial charge is 0.384 e. The summed E-state index contributed by atoms with van der Waals surface area (Å²) in [6, 6.07) is 0. The lowest BCUT2D eigenvalue weighted by molar-refractivity contribution is -0.171. The molecular formula is C15H18O6. The molecule has 6 heteroatoms. The van der Waals surface area contributed by atoms with Gasteiger partial charge in [-0.25, -0.2) is 4.79 Å². The van der Waals surface area contributed by atoms with Crippen LogP contribution in [-0.2, 0) is 28.6 Å². The maximum Gasteiger partial charge on any atom is 0.384 e. The highest BCUT2D eigenvalue weighted by atomic mass is 16.6. The van der Waals surface area contributed by atoms with Crippen LogP contribution in [-0.4, -0.2) is 38.2 Å². The number of hydrogen-bond donors (Lipinski definition) is 0. The summed E-state index contributed by atoms with van der Waals surface area (Å²) in [6.07, 6.45) is 4.71. The molecule has 0 heterocycles. The van der Waals surface area contributed by atoms with Gasteiger partial charge in [0.15, 0.2) is 5.41 Å². The predicted octanol–water partition coefficient (Wildman–Crippen LogP) is 0.689. The quantitative estimate of drug-likeness (QED) is 0.236. The van der Waals surface area contributed by atoms with Gasteiger partial charge in [-0.3, -0.25) is 9.59 Å². The first-order valence-corrected chi connectivity index (χ1v) is 6.33. The largest absolute Gasteiger partial charge is 0.465 e. The van der Waals surface area contributed by atoms with Crippen molar-refractivity contribution in [1.29, 1.82) is 0 Å². The SMILES string of the molecule is C#CCC(CC#CC(=O)OC)(C(=O)OCC)C(=O)OCC. The standard InChI is InChI=1S/C15H18O6/c1-5-10-15(13(17)20-6-2,14(18)21-7-3)11-8-9-12(16)19-4/h1H,6-7,10-11H2,2-4H3. The zero-order valence-corrected chi connectivity index (χ0v) is 12.4. The van der Waals surface area contributed by atoms with Crippen LogP contribution in [0.4, 0.5) is 0 Å². The van der Waals surface area contributed by atoms with Crippen LogP contribution in [0.15, 0.2) is 0 Å². The van der Waals surface area contributed by atoms with Crippen LogP contribution in [0.25, 0.3) is 0 Å². The van der Waals surface area contributed by atoms with Crippen LogP contribution in [0.5, 0.6) is 0 Å². The summed E-state index contributed by atoms with van der Waals surface area (Å²) in [7, 11) is 1.17. The third-order valence-corrected chi connectivity index (χ3v) is 2.50. The van der Waals surface area contributed by atoms with E-state index in [4.69, 9.17) is 15.9 Å². The minimum atomic E-state index is -1.73. The van der Waals surface area contributed by atoms with Crippen molar-refractivity contribution in [3.63, 3.8) is 0 Å². The molecule has 114 valence electrons. The maximum atomic E-state index is 12.1. The molecule has 0 aliphatic heterocycles. The summed E-state index contributed by atoms with van der Waals surface area (Å²) in [5.74, 6) is 4.40. The fraction of sp³-hybridized carbons (Fsp3) is 0.533. The molecule has 0 bridgehead atoms. The number of methoxy groups -OCH3 is 1. The predicted molar refractivity (Wildman–Crippen MR) is 73.6 cm³/mol. The summed E-state index contributed by atoms with van der Waals surface area (Å²) in [4.78, 5) is 35.2. The van der Waals surface area contributed by atoms with Gasteiger partial charge < -0.3 is 14.2 Å². The second-order valence-electron chi connectivity index (χ2n) is 3.87. The molecule has 0 aromatic rings. The van der Waals surface area contributed by atoms with E-state index in [9.17, 15) is 14.4 Å². The Morgan fingerprint density at radius 1 is 1.05 bits per heavy atom. The highest BCUT2D eigenvalue weighted by Crippen LogP contribution is 2.30. The van der Waals surface area contributed by atoms with Crippen LogP contribution in [0.2, 0.25) is 0 Å². The Bertz CT molecular complexity index is 471. The highest BCUT2D eigenvalue weighted by molar-refractivity contribution is 6.01. The molecule has 0 atom stereocenters. The van der Waals surface area contributed by atoms with Crippen molar-refractivity contribution in [2.45, 2.75) is 26.7 Å². The fourth-order valence-corrected chi connectivity index (χ4v) is 1.47. The summed E-state index contributed by atoms with van der Waals surface area (Å²) >= 11 is 0. The Labute approximate surface area is 124 Å². The van der Waals surface area contributed by atoms with E-state index in [2.05, 4.69) is 22.5 Å². The number of carbonyl (C=O) groups excluding carboxylic acids is 3. The van der Waals surface area contributed by atoms with Crippen LogP contribution >= 0.6 is 0 Å². The lowest BCUT2D eigenvalue weighted by Gasteiger charge is -2.25. The van der Waals surface area contributed by atoms with E-state index in [0.717, 1.165) is 0 Å². The highest BCUT2D eigenvalue weighted by Gasteiger charge is 2.48. The van der Waals surface area contributed by atoms with Gasteiger partial charge in [0.05, 0.1) is 20.3 Å². The Balaban J connectivity index is 5.50. The topological polar surface area (TPSA) is 78.9 Å². The van der Waals surface area contributed by atoms with Gasteiger partial charge in [-0.15, -0.1) is 12.3 Å². The maximum absolute atomic E-state index is 12.1. The summed E-state index contributed by atoms with van der Waals surface area (Å²) in [5.41, 5.74) is -1.73. The van der Waals surface area contributed by atoms with Crippen molar-refractivity contribution in [3.05, 3.63) is 0 Å². The summed E-state index contributed by atoms with van der Waals surface area (Å²) < 4.78 is 14.1. The lowest BCUT2D eigenvalue weighted by Crippen LogP contribution is -2.41. The van der Waals surface area contributed by atoms with Gasteiger partial charge in [-0.1, -0.05) is 5.92 Å². The third kappa shape index (κ3) is 5.19. The van der Waals surface area contributed by atoms with E-state index in [1.165, 1.54) is 7.11 Å². The molecule has 21 heavy (non-hydrogen) atoms. The minimum Gasteiger partial charge on any atom is -0.465 e. The average Bonchev–Trinajstić information content (AvgIpc) is 2.46. The molecule has 0 aliphatic rings. The lowest BCUT2D eigenvalue weighted by atomic mass is 9.81. The molecule has 0 aromatic carbocycles. The van der Waals surface area contributed by atoms with Gasteiger partial charge in [0.1, 0.15) is 0 Å². The van der Waals surface area contributed by atoms with Crippen LogP contribution in [0.1, 0.15) is 26.7 Å². The number of esters is 3. The third-order valence-electron chi connectivity index (χ3n) is 2.50. The van der Waals surface area contributed by atoms with Crippen molar-refractivity contribution in [2.24, 2.45) is 5.41 Å². The molecule has 0 fully saturated rings. The molecule has 0 rings (SSSR count). The first-order chi connectivity index (χ1) is 9.98. The number of ether oxygens (including phenoxy) is 3. The summed E-state index contributed by atoms with van der Waals surface area (Å²) in [6.45, 7) is 3.36. The first-order valence-electron chi connectivity index (χ1n) is 6.33. The van der Waals surface area contributed by atoms with Crippen molar-refractivity contribution >= 4 is 17.9 Å². The molecule has 6 nitrogen and oxygen atoms in total. The minimum absolute atomic E-state index is 0.0784. The van der Waals surface area contributed by atoms with Crippen molar-refractivity contribution in [2.75, 3.05) is 20.3 Å². The van der Waals surface area contributed by atoms with Gasteiger partial charge >= 0.3 is 17.9 Å². The second kappa shape index (κ2) is 9.44. The van der Waals surface area contributed by atoms with Crippen molar-refractivity contribution in [3.8, 4) is 24.2 Å². The Hall–Kier alpha value is -2.47. The normalized spacial score (nSPS) is 9.62. The van der Waals surface area contributed by atoms with Crippen molar-refractivity contribution < 1.29 is 28.6 Å². The van der Waals surface area contributed by atoms with E-state index in [1.54, 1.807) is 13.8 Å². The Morgan fingerprint density at radius 2 is 1.57 bits per heavy atom. The van der Waals surface area contributed by atoms with E-state index < -0.39 is 23.3 Å². The molecule has 0 amide bonds. The van der Waals surface area contributed by atoms with Gasteiger partial charge in [0.2, 0.25) is 0 Å². The van der Waals surface area contributed by atoms with Crippen molar-refractivity contribution in [1.82, 2.24) is 0 Å². The first kappa shape index (κ1) is 18.5. The van der Waals surface area contributed by atoms with Gasteiger partial charge in [0.25, 0.3) is 0 Å².